The highest BCUT2D eigenvalue weighted by Crippen LogP contribution is 2.16. The lowest BCUT2D eigenvalue weighted by Gasteiger charge is -2.19. The van der Waals surface area contributed by atoms with Crippen molar-refractivity contribution in [2.45, 2.75) is 33.2 Å². The fourth-order valence-corrected chi connectivity index (χ4v) is 2.66. The van der Waals surface area contributed by atoms with Gasteiger partial charge in [0.15, 0.2) is 0 Å². The third kappa shape index (κ3) is 5.36. The van der Waals surface area contributed by atoms with Crippen molar-refractivity contribution in [3.63, 3.8) is 0 Å². The van der Waals surface area contributed by atoms with E-state index in [0.29, 0.717) is 6.54 Å². The van der Waals surface area contributed by atoms with E-state index in [1.807, 2.05) is 0 Å². The van der Waals surface area contributed by atoms with Gasteiger partial charge in [0.1, 0.15) is 0 Å². The molecule has 0 spiro atoms. The molecule has 2 N–H and O–H groups in total. The zero-order valence-electron chi connectivity index (χ0n) is 10.8. The Morgan fingerprint density at radius 2 is 2.00 bits per heavy atom. The number of rotatable bonds is 6. The van der Waals surface area contributed by atoms with E-state index in [0.717, 1.165) is 12.1 Å². The zero-order chi connectivity index (χ0) is 12.5. The molecule has 0 fully saturated rings. The summed E-state index contributed by atoms with van der Waals surface area (Å²) < 4.78 is 0. The Kier molecular flexibility index (Phi) is 6.95. The molecule has 17 heavy (non-hydrogen) atoms. The second-order valence-electron chi connectivity index (χ2n) is 4.08. The molecular weight excluding hydrogens is 228 g/mol. The Morgan fingerprint density at radius 1 is 1.29 bits per heavy atom. The summed E-state index contributed by atoms with van der Waals surface area (Å²) in [7, 11) is 0. The van der Waals surface area contributed by atoms with E-state index >= 15 is 0 Å². The molecule has 1 rings (SSSR count). The van der Waals surface area contributed by atoms with Gasteiger partial charge in [-0.05, 0) is 32.0 Å². The van der Waals surface area contributed by atoms with Gasteiger partial charge in [-0.3, -0.25) is 4.90 Å². The van der Waals surface area contributed by atoms with Crippen molar-refractivity contribution >= 4 is 11.3 Å². The van der Waals surface area contributed by atoms with Gasteiger partial charge < -0.3 is 5.73 Å². The molecular formula is C14H22N2S. The third-order valence-corrected chi connectivity index (χ3v) is 3.37. The zero-order valence-corrected chi connectivity index (χ0v) is 11.6. The molecule has 0 aliphatic carbocycles. The maximum absolute atomic E-state index is 5.36. The summed E-state index contributed by atoms with van der Waals surface area (Å²) in [6.45, 7) is 8.30. The van der Waals surface area contributed by atoms with Crippen LogP contribution >= 0.6 is 11.3 Å². The molecule has 0 atom stereocenters. The number of hydrogen-bond donors (Lipinski definition) is 1. The smallest absolute Gasteiger partial charge is 0.0555 e. The molecule has 0 aliphatic heterocycles. The molecule has 3 heteroatoms. The number of thiophene rings is 1. The Hall–Kier alpha value is -0.820. The number of nitrogens with zero attached hydrogens (tertiary/aromatic N) is 1. The molecule has 0 aliphatic rings. The minimum Gasteiger partial charge on any atom is -0.320 e. The van der Waals surface area contributed by atoms with Crippen LogP contribution in [0.4, 0.5) is 0 Å². The standard InChI is InChI=1S/C14H22N2S/c1-3-8-16(9-4-2)11-14-10-13(12-17-14)6-5-7-15/h10,12H,3-4,7-9,11,15H2,1-2H3. The van der Waals surface area contributed by atoms with Crippen LogP contribution in [0, 0.1) is 11.8 Å². The molecule has 0 unspecified atom stereocenters. The maximum atomic E-state index is 5.36. The first-order chi connectivity index (χ1) is 8.30. The summed E-state index contributed by atoms with van der Waals surface area (Å²) in [6, 6.07) is 2.19. The van der Waals surface area contributed by atoms with Crippen LogP contribution in [0.15, 0.2) is 11.4 Å². The molecule has 1 aromatic rings. The van der Waals surface area contributed by atoms with Crippen molar-refractivity contribution in [2.24, 2.45) is 5.73 Å². The second-order valence-corrected chi connectivity index (χ2v) is 5.08. The minimum atomic E-state index is 0.434. The lowest BCUT2D eigenvalue weighted by molar-refractivity contribution is 0.269. The molecule has 0 saturated carbocycles. The van der Waals surface area contributed by atoms with Gasteiger partial charge in [0.25, 0.3) is 0 Å². The summed E-state index contributed by atoms with van der Waals surface area (Å²) >= 11 is 1.80. The lowest BCUT2D eigenvalue weighted by atomic mass is 10.3. The number of hydrogen-bond acceptors (Lipinski definition) is 3. The third-order valence-electron chi connectivity index (χ3n) is 2.45. The van der Waals surface area contributed by atoms with Gasteiger partial charge in [-0.25, -0.2) is 0 Å². The molecule has 1 heterocycles. The van der Waals surface area contributed by atoms with E-state index < -0.39 is 0 Å². The highest BCUT2D eigenvalue weighted by atomic mass is 32.1. The van der Waals surface area contributed by atoms with Crippen LogP contribution in [0.1, 0.15) is 37.1 Å². The Balaban J connectivity index is 2.56. The Bertz CT molecular complexity index is 367. The van der Waals surface area contributed by atoms with Gasteiger partial charge >= 0.3 is 0 Å². The van der Waals surface area contributed by atoms with Gasteiger partial charge in [-0.15, -0.1) is 11.3 Å². The summed E-state index contributed by atoms with van der Waals surface area (Å²) in [6.07, 6.45) is 2.43. The fourth-order valence-electron chi connectivity index (χ4n) is 1.80. The first-order valence-electron chi connectivity index (χ1n) is 6.28. The van der Waals surface area contributed by atoms with Gasteiger partial charge in [0, 0.05) is 22.4 Å². The van der Waals surface area contributed by atoms with E-state index in [1.165, 1.54) is 30.8 Å². The molecule has 2 nitrogen and oxygen atoms in total. The quantitative estimate of drug-likeness (QED) is 0.787. The molecule has 0 radical (unpaired) electrons. The van der Waals surface area contributed by atoms with Crippen molar-refractivity contribution in [1.82, 2.24) is 4.90 Å². The predicted octanol–water partition coefficient (Wildman–Crippen LogP) is 2.68. The van der Waals surface area contributed by atoms with E-state index in [2.05, 4.69) is 42.0 Å². The van der Waals surface area contributed by atoms with Gasteiger partial charge in [0.2, 0.25) is 0 Å². The summed E-state index contributed by atoms with van der Waals surface area (Å²) in [5, 5.41) is 2.12. The van der Waals surface area contributed by atoms with Crippen LogP contribution < -0.4 is 5.73 Å². The molecule has 1 aromatic heterocycles. The number of nitrogens with two attached hydrogens (primary N) is 1. The van der Waals surface area contributed by atoms with Crippen molar-refractivity contribution in [1.29, 1.82) is 0 Å². The molecule has 0 amide bonds. The predicted molar refractivity (Wildman–Crippen MR) is 76.1 cm³/mol. The Morgan fingerprint density at radius 3 is 2.59 bits per heavy atom. The first-order valence-corrected chi connectivity index (χ1v) is 7.16. The van der Waals surface area contributed by atoms with Crippen molar-refractivity contribution in [3.8, 4) is 11.8 Å². The molecule has 0 aromatic carbocycles. The van der Waals surface area contributed by atoms with Crippen molar-refractivity contribution in [2.75, 3.05) is 19.6 Å². The second kappa shape index (κ2) is 8.30. The van der Waals surface area contributed by atoms with E-state index in [-0.39, 0.29) is 0 Å². The monoisotopic (exact) mass is 250 g/mol. The van der Waals surface area contributed by atoms with Crippen LogP contribution in [-0.4, -0.2) is 24.5 Å². The van der Waals surface area contributed by atoms with Gasteiger partial charge in [-0.1, -0.05) is 25.7 Å². The van der Waals surface area contributed by atoms with Crippen LogP contribution in [0.2, 0.25) is 0 Å². The fraction of sp³-hybridized carbons (Fsp3) is 0.571. The summed E-state index contributed by atoms with van der Waals surface area (Å²) in [5.74, 6) is 5.97. The van der Waals surface area contributed by atoms with E-state index in [1.54, 1.807) is 11.3 Å². The van der Waals surface area contributed by atoms with Crippen LogP contribution in [0.25, 0.3) is 0 Å². The van der Waals surface area contributed by atoms with E-state index in [9.17, 15) is 0 Å². The average molecular weight is 250 g/mol. The lowest BCUT2D eigenvalue weighted by Crippen LogP contribution is -2.24. The first kappa shape index (κ1) is 14.2. The molecule has 0 bridgehead atoms. The maximum Gasteiger partial charge on any atom is 0.0555 e. The molecule has 94 valence electrons. The topological polar surface area (TPSA) is 29.3 Å². The SMILES string of the molecule is CCCN(CCC)Cc1cc(C#CCN)cs1. The van der Waals surface area contributed by atoms with E-state index in [4.69, 9.17) is 5.73 Å². The summed E-state index contributed by atoms with van der Waals surface area (Å²) in [5.41, 5.74) is 6.46. The van der Waals surface area contributed by atoms with Crippen molar-refractivity contribution < 1.29 is 0 Å². The largest absolute Gasteiger partial charge is 0.320 e. The highest BCUT2D eigenvalue weighted by molar-refractivity contribution is 7.10. The Labute approximate surface area is 109 Å². The normalized spacial score (nSPS) is 10.4. The van der Waals surface area contributed by atoms with Gasteiger partial charge in [0.05, 0.1) is 6.54 Å². The average Bonchev–Trinajstić information content (AvgIpc) is 2.75. The van der Waals surface area contributed by atoms with Crippen molar-refractivity contribution in [3.05, 3.63) is 21.9 Å². The molecule has 0 saturated heterocycles. The van der Waals surface area contributed by atoms with Crippen LogP contribution in [-0.2, 0) is 6.54 Å². The highest BCUT2D eigenvalue weighted by Gasteiger charge is 2.05. The van der Waals surface area contributed by atoms with Crippen LogP contribution in [0.5, 0.6) is 0 Å². The summed E-state index contributed by atoms with van der Waals surface area (Å²) in [4.78, 5) is 3.90. The van der Waals surface area contributed by atoms with Gasteiger partial charge in [-0.2, -0.15) is 0 Å². The minimum absolute atomic E-state index is 0.434. The van der Waals surface area contributed by atoms with Crippen LogP contribution in [0.3, 0.4) is 0 Å².